The lowest BCUT2D eigenvalue weighted by molar-refractivity contribution is -0.333. The summed E-state index contributed by atoms with van der Waals surface area (Å²) in [5, 5.41) is 2.62. The molecule has 5 heterocycles. The van der Waals surface area contributed by atoms with Gasteiger partial charge >= 0.3 is 7.26 Å². The molecule has 0 radical (unpaired) electrons. The molecule has 3 amide bonds. The Hall–Kier alpha value is -5.19. The van der Waals surface area contributed by atoms with Crippen molar-refractivity contribution in [2.75, 3.05) is 19.7 Å². The number of nitrogens with one attached hydrogen (secondary N) is 2. The van der Waals surface area contributed by atoms with Crippen molar-refractivity contribution < 1.29 is 27.9 Å². The van der Waals surface area contributed by atoms with Crippen molar-refractivity contribution in [3.8, 4) is 5.75 Å². The average molecular weight is 536 g/mol. The molecule has 0 unspecified atom stereocenters. The van der Waals surface area contributed by atoms with Gasteiger partial charge in [0.05, 0.1) is 0 Å². The Morgan fingerprint density at radius 3 is 2.58 bits per heavy atom. The van der Waals surface area contributed by atoms with Crippen molar-refractivity contribution in [2.45, 2.75) is 0 Å². The van der Waals surface area contributed by atoms with Crippen molar-refractivity contribution in [1.29, 1.82) is 0 Å². The van der Waals surface area contributed by atoms with Crippen molar-refractivity contribution in [1.82, 2.24) is 19.7 Å². The van der Waals surface area contributed by atoms with Crippen LogP contribution in [0.1, 0.15) is 22.6 Å². The van der Waals surface area contributed by atoms with Gasteiger partial charge in [0, 0.05) is 61.1 Å². The number of fused-ring (bicyclic) bond motifs is 2. The molecule has 0 saturated carbocycles. The Morgan fingerprint density at radius 1 is 1.02 bits per heavy atom. The third-order valence-electron chi connectivity index (χ3n) is 6.78. The molecular formula is C29H24BFN5O4+. The number of H-pyrrole nitrogens is 1. The largest absolute Gasteiger partial charge is 0.846 e. The van der Waals surface area contributed by atoms with Crippen LogP contribution in [-0.2, 0) is 14.4 Å². The molecule has 11 heteroatoms. The first-order valence-corrected chi connectivity index (χ1v) is 12.7. The predicted molar refractivity (Wildman–Crippen MR) is 149 cm³/mol. The van der Waals surface area contributed by atoms with E-state index < -0.39 is 7.26 Å². The third-order valence-corrected chi connectivity index (χ3v) is 6.78. The fourth-order valence-corrected chi connectivity index (χ4v) is 4.79. The van der Waals surface area contributed by atoms with Gasteiger partial charge in [0.25, 0.3) is 17.7 Å². The fourth-order valence-electron chi connectivity index (χ4n) is 4.79. The molecule has 40 heavy (non-hydrogen) atoms. The summed E-state index contributed by atoms with van der Waals surface area (Å²) in [4.78, 5) is 39.3. The first kappa shape index (κ1) is 25.1. The van der Waals surface area contributed by atoms with Gasteiger partial charge in [-0.05, 0) is 48.0 Å². The minimum absolute atomic E-state index is 0.101. The van der Waals surface area contributed by atoms with Crippen molar-refractivity contribution in [3.63, 3.8) is 0 Å². The topological polar surface area (TPSA) is 99.4 Å². The zero-order valence-corrected chi connectivity index (χ0v) is 21.3. The van der Waals surface area contributed by atoms with E-state index in [0.29, 0.717) is 5.75 Å². The van der Waals surface area contributed by atoms with E-state index in [-0.39, 0.29) is 37.4 Å². The molecule has 0 fully saturated rings. The molecule has 0 saturated heterocycles. The van der Waals surface area contributed by atoms with Crippen LogP contribution in [0.2, 0.25) is 0 Å². The van der Waals surface area contributed by atoms with Crippen LogP contribution >= 0.6 is 0 Å². The van der Waals surface area contributed by atoms with Crippen LogP contribution in [0.25, 0.3) is 18.2 Å². The van der Waals surface area contributed by atoms with Crippen molar-refractivity contribution >= 4 is 48.9 Å². The zero-order valence-electron chi connectivity index (χ0n) is 21.3. The normalized spacial score (nSPS) is 15.8. The number of amides is 3. The zero-order chi connectivity index (χ0) is 27.6. The van der Waals surface area contributed by atoms with Crippen LogP contribution in [0.5, 0.6) is 5.75 Å². The number of aromatic amines is 1. The van der Waals surface area contributed by atoms with Crippen LogP contribution in [-0.4, -0.2) is 69.2 Å². The minimum atomic E-state index is -1.40. The number of ether oxygens (including phenoxy) is 1. The minimum Gasteiger partial charge on any atom is -0.484 e. The molecule has 3 aromatic rings. The summed E-state index contributed by atoms with van der Waals surface area (Å²) in [6.07, 6.45) is 13.8. The van der Waals surface area contributed by atoms with E-state index in [4.69, 9.17) is 4.74 Å². The number of carbonyl (C=O) groups is 3. The SMILES string of the molecule is O=C(COc1ccc(/C=C/c2ccc3n2B(F)[N+]2=C(c4ccc[nH]4)C=CC2=C3)cc1)NCCN1C(=O)C=CC1=O. The molecule has 6 rings (SSSR count). The van der Waals surface area contributed by atoms with Gasteiger partial charge in [-0.1, -0.05) is 18.2 Å². The molecular weight excluding hydrogens is 512 g/mol. The molecule has 0 spiro atoms. The summed E-state index contributed by atoms with van der Waals surface area (Å²) in [6.45, 7) is 0.0425. The molecule has 0 atom stereocenters. The summed E-state index contributed by atoms with van der Waals surface area (Å²) in [5.74, 6) is -0.629. The smallest absolute Gasteiger partial charge is 0.484 e. The van der Waals surface area contributed by atoms with Gasteiger partial charge in [-0.25, -0.2) is 8.80 Å². The van der Waals surface area contributed by atoms with E-state index in [1.54, 1.807) is 21.1 Å². The summed E-state index contributed by atoms with van der Waals surface area (Å²) in [7, 11) is -1.40. The molecule has 198 valence electrons. The molecule has 2 N–H and O–H groups in total. The summed E-state index contributed by atoms with van der Waals surface area (Å²) < 4.78 is 24.7. The van der Waals surface area contributed by atoms with E-state index in [9.17, 15) is 14.4 Å². The number of halogens is 1. The number of allylic oxidation sites excluding steroid dienone is 2. The highest BCUT2D eigenvalue weighted by atomic mass is 19.1. The number of nitrogens with zero attached hydrogens (tertiary/aromatic N) is 3. The van der Waals surface area contributed by atoms with Crippen molar-refractivity contribution in [3.05, 3.63) is 107 Å². The van der Waals surface area contributed by atoms with E-state index in [1.165, 1.54) is 12.2 Å². The molecule has 0 bridgehead atoms. The lowest BCUT2D eigenvalue weighted by Crippen LogP contribution is -2.39. The highest BCUT2D eigenvalue weighted by molar-refractivity contribution is 6.44. The van der Waals surface area contributed by atoms with Gasteiger partial charge in [-0.15, -0.1) is 0 Å². The maximum absolute atomic E-state index is 15.8. The highest BCUT2D eigenvalue weighted by Gasteiger charge is 2.47. The van der Waals surface area contributed by atoms with E-state index in [1.807, 2.05) is 73.0 Å². The van der Waals surface area contributed by atoms with E-state index in [2.05, 4.69) is 10.3 Å². The lowest BCUT2D eigenvalue weighted by atomic mass is 9.96. The molecule has 0 aliphatic carbocycles. The maximum atomic E-state index is 15.8. The van der Waals surface area contributed by atoms with Gasteiger partial charge < -0.3 is 15.0 Å². The van der Waals surface area contributed by atoms with Crippen molar-refractivity contribution in [2.24, 2.45) is 0 Å². The van der Waals surface area contributed by atoms with Gasteiger partial charge in [-0.3, -0.25) is 23.8 Å². The number of imide groups is 1. The molecule has 1 aromatic carbocycles. The standard InChI is InChI=1S/C29H23BFN5O4/c31-30-35-21(7-8-22(35)18-23-9-12-26(36(23)30)25-2-1-15-32-25)6-3-20-4-10-24(11-5-20)40-19-27(37)33-16-17-34-28(38)13-14-29(34)39/h1-15,18H,16-17,19H2,(H,33,37)/p+1/b6-3+. The number of benzene rings is 1. The number of rotatable bonds is 9. The van der Waals surface area contributed by atoms with Gasteiger partial charge in [0.15, 0.2) is 12.3 Å². The molecule has 3 aliphatic rings. The predicted octanol–water partition coefficient (Wildman–Crippen LogP) is 2.64. The molecule has 3 aliphatic heterocycles. The van der Waals surface area contributed by atoms with Crippen LogP contribution in [0.3, 0.4) is 0 Å². The maximum Gasteiger partial charge on any atom is 0.846 e. The van der Waals surface area contributed by atoms with Gasteiger partial charge in [0.1, 0.15) is 11.4 Å². The number of aromatic nitrogens is 2. The summed E-state index contributed by atoms with van der Waals surface area (Å²) in [6, 6.07) is 14.8. The number of carbonyl (C=O) groups excluding carboxylic acids is 3. The van der Waals surface area contributed by atoms with Crippen LogP contribution < -0.4 is 10.1 Å². The molecule has 9 nitrogen and oxygen atoms in total. The fraction of sp³-hybridized carbons (Fsp3) is 0.103. The van der Waals surface area contributed by atoms with E-state index in [0.717, 1.165) is 39.0 Å². The number of hydrogen-bond acceptors (Lipinski definition) is 4. The summed E-state index contributed by atoms with van der Waals surface area (Å²) in [5.41, 5.74) is 4.81. The number of hydrogen-bond donors (Lipinski definition) is 2. The second kappa shape index (κ2) is 10.5. The second-order valence-electron chi connectivity index (χ2n) is 9.31. The van der Waals surface area contributed by atoms with E-state index >= 15 is 4.32 Å². The average Bonchev–Trinajstić information content (AvgIpc) is 3.76. The lowest BCUT2D eigenvalue weighted by Gasteiger charge is -2.14. The Bertz CT molecular complexity index is 1630. The van der Waals surface area contributed by atoms with Gasteiger partial charge in [0.2, 0.25) is 5.71 Å². The second-order valence-corrected chi connectivity index (χ2v) is 9.31. The first-order chi connectivity index (χ1) is 19.5. The van der Waals surface area contributed by atoms with Crippen LogP contribution in [0.15, 0.2) is 84.7 Å². The Balaban J connectivity index is 1.05. The Morgan fingerprint density at radius 2 is 1.82 bits per heavy atom. The Labute approximate surface area is 229 Å². The van der Waals surface area contributed by atoms with Crippen LogP contribution in [0.4, 0.5) is 4.32 Å². The quantitative estimate of drug-likeness (QED) is 0.325. The first-order valence-electron chi connectivity index (χ1n) is 12.7. The third kappa shape index (κ3) is 4.84. The molecule has 2 aromatic heterocycles. The van der Waals surface area contributed by atoms with Gasteiger partial charge in [-0.2, -0.15) is 0 Å². The highest BCUT2D eigenvalue weighted by Crippen LogP contribution is 2.27. The summed E-state index contributed by atoms with van der Waals surface area (Å²) >= 11 is 0. The van der Waals surface area contributed by atoms with Crippen LogP contribution in [0, 0.1) is 0 Å². The Kier molecular flexibility index (Phi) is 6.61. The monoisotopic (exact) mass is 536 g/mol.